The molecule has 0 amide bonds. The second kappa shape index (κ2) is 7.60. The topological polar surface area (TPSA) is 12.0 Å². The quantitative estimate of drug-likeness (QED) is 0.690. The largest absolute Gasteiger partial charge is 0.320 e. The summed E-state index contributed by atoms with van der Waals surface area (Å²) in [5.74, 6) is 0.806. The molecule has 1 nitrogen and oxygen atoms in total. The number of nitrogens with one attached hydrogen (secondary N) is 1. The molecule has 0 saturated heterocycles. The fourth-order valence-electron chi connectivity index (χ4n) is 0.794. The van der Waals surface area contributed by atoms with Gasteiger partial charge in [-0.1, -0.05) is 41.5 Å². The Hall–Kier alpha value is -0.0400. The summed E-state index contributed by atoms with van der Waals surface area (Å²) in [4.78, 5) is 0. The summed E-state index contributed by atoms with van der Waals surface area (Å²) in [5.41, 5.74) is 0.469. The van der Waals surface area contributed by atoms with Crippen LogP contribution in [0, 0.1) is 11.3 Å². The van der Waals surface area contributed by atoms with E-state index in [9.17, 15) is 0 Å². The van der Waals surface area contributed by atoms with E-state index in [-0.39, 0.29) is 0 Å². The van der Waals surface area contributed by atoms with Crippen LogP contribution in [0.5, 0.6) is 0 Å². The molecule has 0 rings (SSSR count). The van der Waals surface area contributed by atoms with Gasteiger partial charge in [-0.2, -0.15) is 0 Å². The van der Waals surface area contributed by atoms with Gasteiger partial charge in [0.2, 0.25) is 0 Å². The van der Waals surface area contributed by atoms with Crippen LogP contribution >= 0.6 is 0 Å². The van der Waals surface area contributed by atoms with Crippen LogP contribution in [0.1, 0.15) is 48.0 Å². The van der Waals surface area contributed by atoms with E-state index in [2.05, 4.69) is 33.0 Å². The third-order valence-electron chi connectivity index (χ3n) is 2.31. The summed E-state index contributed by atoms with van der Waals surface area (Å²) in [5, 5.41) is 3.17. The first-order chi connectivity index (χ1) is 5.48. The van der Waals surface area contributed by atoms with Gasteiger partial charge in [-0.05, 0) is 31.3 Å². The van der Waals surface area contributed by atoms with Crippen LogP contribution in [0.4, 0.5) is 0 Å². The normalized spacial score (nSPS) is 13.2. The van der Waals surface area contributed by atoms with Gasteiger partial charge < -0.3 is 5.32 Å². The standard InChI is InChI=1S/C9H21N.C2H6/c1-8(6-7-10-5)9(2,3)4;1-2/h8,10H,6-7H2,1-5H3;1-2H3. The van der Waals surface area contributed by atoms with Crippen molar-refractivity contribution in [2.45, 2.75) is 48.0 Å². The van der Waals surface area contributed by atoms with Crippen LogP contribution in [0.15, 0.2) is 0 Å². The van der Waals surface area contributed by atoms with Crippen LogP contribution in [-0.4, -0.2) is 13.6 Å². The summed E-state index contributed by atoms with van der Waals surface area (Å²) in [6.07, 6.45) is 1.28. The fourth-order valence-corrected chi connectivity index (χ4v) is 0.794. The van der Waals surface area contributed by atoms with Crippen molar-refractivity contribution in [3.63, 3.8) is 0 Å². The fraction of sp³-hybridized carbons (Fsp3) is 1.00. The van der Waals surface area contributed by atoms with E-state index < -0.39 is 0 Å². The predicted molar refractivity (Wildman–Crippen MR) is 58.5 cm³/mol. The summed E-state index contributed by atoms with van der Waals surface area (Å²) in [7, 11) is 2.01. The molecule has 1 heteroatoms. The number of hydrogen-bond donors (Lipinski definition) is 1. The maximum Gasteiger partial charge on any atom is -0.00492 e. The van der Waals surface area contributed by atoms with Crippen LogP contribution in [0.25, 0.3) is 0 Å². The van der Waals surface area contributed by atoms with E-state index in [4.69, 9.17) is 0 Å². The van der Waals surface area contributed by atoms with Gasteiger partial charge in [0.25, 0.3) is 0 Å². The molecule has 76 valence electrons. The first-order valence-corrected chi connectivity index (χ1v) is 5.13. The van der Waals surface area contributed by atoms with Crippen molar-refractivity contribution in [2.24, 2.45) is 11.3 Å². The first kappa shape index (κ1) is 14.5. The molecule has 0 spiro atoms. The van der Waals surface area contributed by atoms with Crippen molar-refractivity contribution in [1.82, 2.24) is 5.32 Å². The summed E-state index contributed by atoms with van der Waals surface area (Å²) in [6, 6.07) is 0. The maximum atomic E-state index is 3.17. The van der Waals surface area contributed by atoms with Gasteiger partial charge in [-0.25, -0.2) is 0 Å². The highest BCUT2D eigenvalue weighted by Gasteiger charge is 2.18. The third kappa shape index (κ3) is 8.06. The molecule has 0 aromatic rings. The van der Waals surface area contributed by atoms with E-state index >= 15 is 0 Å². The average molecular weight is 173 g/mol. The van der Waals surface area contributed by atoms with Gasteiger partial charge in [0.1, 0.15) is 0 Å². The molecule has 1 N–H and O–H groups in total. The molecule has 1 atom stereocenters. The molecular formula is C11H27N. The van der Waals surface area contributed by atoms with Crippen molar-refractivity contribution < 1.29 is 0 Å². The number of rotatable bonds is 3. The third-order valence-corrected chi connectivity index (χ3v) is 2.31. The average Bonchev–Trinajstić information content (AvgIpc) is 2.02. The molecule has 0 aromatic carbocycles. The lowest BCUT2D eigenvalue weighted by atomic mass is 9.80. The summed E-state index contributed by atoms with van der Waals surface area (Å²) < 4.78 is 0. The second-order valence-electron chi connectivity index (χ2n) is 4.16. The van der Waals surface area contributed by atoms with Gasteiger partial charge in [0.05, 0.1) is 0 Å². The van der Waals surface area contributed by atoms with E-state index in [0.717, 1.165) is 12.5 Å². The predicted octanol–water partition coefficient (Wildman–Crippen LogP) is 3.30. The van der Waals surface area contributed by atoms with Gasteiger partial charge in [0, 0.05) is 0 Å². The zero-order valence-corrected chi connectivity index (χ0v) is 9.99. The first-order valence-electron chi connectivity index (χ1n) is 5.13. The van der Waals surface area contributed by atoms with E-state index in [1.54, 1.807) is 0 Å². The van der Waals surface area contributed by atoms with E-state index in [1.807, 2.05) is 20.9 Å². The smallest absolute Gasteiger partial charge is 0.00492 e. The van der Waals surface area contributed by atoms with Crippen molar-refractivity contribution in [1.29, 1.82) is 0 Å². The van der Waals surface area contributed by atoms with Crippen molar-refractivity contribution in [2.75, 3.05) is 13.6 Å². The minimum atomic E-state index is 0.469. The van der Waals surface area contributed by atoms with Gasteiger partial charge >= 0.3 is 0 Å². The Morgan fingerprint density at radius 2 is 1.58 bits per heavy atom. The maximum absolute atomic E-state index is 3.17. The molecule has 0 fully saturated rings. The molecule has 0 aliphatic rings. The van der Waals surface area contributed by atoms with Gasteiger partial charge in [-0.15, -0.1) is 0 Å². The van der Waals surface area contributed by atoms with E-state index in [0.29, 0.717) is 5.41 Å². The molecule has 0 aliphatic heterocycles. The zero-order chi connectivity index (χ0) is 10.2. The Labute approximate surface area is 78.9 Å². The van der Waals surface area contributed by atoms with Crippen LogP contribution in [0.3, 0.4) is 0 Å². The highest BCUT2D eigenvalue weighted by molar-refractivity contribution is 4.69. The lowest BCUT2D eigenvalue weighted by molar-refractivity contribution is 0.246. The molecule has 0 heterocycles. The van der Waals surface area contributed by atoms with Gasteiger partial charge in [0.15, 0.2) is 0 Å². The number of hydrogen-bond acceptors (Lipinski definition) is 1. The molecule has 0 aliphatic carbocycles. The molecular weight excluding hydrogens is 146 g/mol. The Balaban J connectivity index is 0. The lowest BCUT2D eigenvalue weighted by Crippen LogP contribution is -2.21. The highest BCUT2D eigenvalue weighted by atomic mass is 14.8. The Kier molecular flexibility index (Phi) is 9.17. The Morgan fingerprint density at radius 3 is 1.83 bits per heavy atom. The molecule has 0 bridgehead atoms. The van der Waals surface area contributed by atoms with Crippen molar-refractivity contribution in [3.05, 3.63) is 0 Å². The molecule has 1 unspecified atom stereocenters. The monoisotopic (exact) mass is 173 g/mol. The molecule has 0 aromatic heterocycles. The van der Waals surface area contributed by atoms with Crippen LogP contribution in [0.2, 0.25) is 0 Å². The summed E-state index contributed by atoms with van der Waals surface area (Å²) >= 11 is 0. The Morgan fingerprint density at radius 1 is 1.17 bits per heavy atom. The van der Waals surface area contributed by atoms with Gasteiger partial charge in [-0.3, -0.25) is 0 Å². The zero-order valence-electron chi connectivity index (χ0n) is 9.99. The molecule has 0 radical (unpaired) electrons. The minimum Gasteiger partial charge on any atom is -0.320 e. The molecule has 12 heavy (non-hydrogen) atoms. The Bertz CT molecular complexity index is 81.5. The lowest BCUT2D eigenvalue weighted by Gasteiger charge is -2.26. The highest BCUT2D eigenvalue weighted by Crippen LogP contribution is 2.27. The molecule has 0 saturated carbocycles. The summed E-state index contributed by atoms with van der Waals surface area (Å²) in [6.45, 7) is 14.4. The van der Waals surface area contributed by atoms with Crippen molar-refractivity contribution >= 4 is 0 Å². The van der Waals surface area contributed by atoms with Crippen LogP contribution in [-0.2, 0) is 0 Å². The van der Waals surface area contributed by atoms with Crippen molar-refractivity contribution in [3.8, 4) is 0 Å². The van der Waals surface area contributed by atoms with E-state index in [1.165, 1.54) is 6.42 Å². The SMILES string of the molecule is CC.CNCCC(C)C(C)(C)C. The van der Waals surface area contributed by atoms with Crippen LogP contribution < -0.4 is 5.32 Å². The second-order valence-corrected chi connectivity index (χ2v) is 4.16. The minimum absolute atomic E-state index is 0.469.